The second-order valence-electron chi connectivity index (χ2n) is 9.06. The summed E-state index contributed by atoms with van der Waals surface area (Å²) in [6, 6.07) is 0. The van der Waals surface area contributed by atoms with Crippen LogP contribution in [0.25, 0.3) is 0 Å². The van der Waals surface area contributed by atoms with E-state index >= 15 is 0 Å². The maximum absolute atomic E-state index is 12.7. The zero-order chi connectivity index (χ0) is 21.4. The lowest BCUT2D eigenvalue weighted by molar-refractivity contribution is -0.145. The highest BCUT2D eigenvalue weighted by Crippen LogP contribution is 2.63. The fourth-order valence-electron chi connectivity index (χ4n) is 6.11. The van der Waals surface area contributed by atoms with Gasteiger partial charge in [-0.05, 0) is 50.0 Å². The molecule has 4 heteroatoms. The van der Waals surface area contributed by atoms with E-state index in [0.29, 0.717) is 18.3 Å². The minimum absolute atomic E-state index is 0.0165. The Bertz CT molecular complexity index is 815. The minimum Gasteiger partial charge on any atom is -0.457 e. The van der Waals surface area contributed by atoms with Gasteiger partial charge in [-0.3, -0.25) is 14.4 Å². The molecule has 0 aromatic rings. The Hall–Kier alpha value is -1.97. The predicted octanol–water partition coefficient (Wildman–Crippen LogP) is 5.13. The second kappa shape index (κ2) is 8.04. The van der Waals surface area contributed by atoms with Crippen molar-refractivity contribution in [2.45, 2.75) is 73.1 Å². The molecule has 4 unspecified atom stereocenters. The van der Waals surface area contributed by atoms with Gasteiger partial charge in [0, 0.05) is 29.7 Å². The molecule has 29 heavy (non-hydrogen) atoms. The van der Waals surface area contributed by atoms with Crippen LogP contribution in [0, 0.1) is 22.7 Å². The van der Waals surface area contributed by atoms with Gasteiger partial charge in [0.2, 0.25) is 0 Å². The number of ether oxygens (including phenoxy) is 1. The largest absolute Gasteiger partial charge is 0.457 e. The van der Waals surface area contributed by atoms with Gasteiger partial charge in [-0.15, -0.1) is 0 Å². The molecule has 1 fully saturated rings. The van der Waals surface area contributed by atoms with E-state index in [4.69, 9.17) is 4.74 Å². The molecule has 4 aliphatic carbocycles. The monoisotopic (exact) mass is 398 g/mol. The van der Waals surface area contributed by atoms with Gasteiger partial charge >= 0.3 is 5.97 Å². The molecule has 0 radical (unpaired) electrons. The highest BCUT2D eigenvalue weighted by atomic mass is 16.5. The third-order valence-electron chi connectivity index (χ3n) is 7.62. The molecule has 4 rings (SSSR count). The van der Waals surface area contributed by atoms with E-state index in [1.807, 2.05) is 19.9 Å². The molecule has 0 amide bonds. The normalized spacial score (nSPS) is 34.9. The van der Waals surface area contributed by atoms with Crippen LogP contribution < -0.4 is 0 Å². The lowest BCUT2D eigenvalue weighted by Crippen LogP contribution is -2.44. The molecule has 4 nitrogen and oxygen atoms in total. The number of Topliss-reactive ketones (excluding diaryl/α,β-unsaturated/α-hetero) is 1. The summed E-state index contributed by atoms with van der Waals surface area (Å²) < 4.78 is 4.96. The van der Waals surface area contributed by atoms with Crippen molar-refractivity contribution in [2.75, 3.05) is 6.61 Å². The van der Waals surface area contributed by atoms with Crippen LogP contribution in [0.4, 0.5) is 0 Å². The molecular weight excluding hydrogens is 364 g/mol. The van der Waals surface area contributed by atoms with Gasteiger partial charge < -0.3 is 4.74 Å². The molecule has 158 valence electrons. The summed E-state index contributed by atoms with van der Waals surface area (Å²) in [6.45, 7) is 9.69. The van der Waals surface area contributed by atoms with E-state index in [1.54, 1.807) is 0 Å². The second-order valence-corrected chi connectivity index (χ2v) is 9.06. The first kappa shape index (κ1) is 21.7. The summed E-state index contributed by atoms with van der Waals surface area (Å²) in [7, 11) is 0. The van der Waals surface area contributed by atoms with Crippen LogP contribution in [0.3, 0.4) is 0 Å². The number of ketones is 2. The standard InChI is InChI=1S/C23H28O4.C2H6/c1-14(24)27-13-21(26)20-7-6-18-17-5-4-15-12-16(25)8-10-22(15,2)19(17)9-11-23(18,20)3;1-2/h7,9,12,17-18H,4-6,8,10-11,13H2,1-3H3;1-2H3. The van der Waals surface area contributed by atoms with Gasteiger partial charge in [0.1, 0.15) is 0 Å². The van der Waals surface area contributed by atoms with Gasteiger partial charge in [0.15, 0.2) is 18.2 Å². The Morgan fingerprint density at radius 2 is 1.90 bits per heavy atom. The SMILES string of the molecule is CC.CC(=O)OCC(=O)C1=CCC2C3CCC4=CC(=O)CCC4(C)C3=CCC12C. The Morgan fingerprint density at radius 3 is 2.59 bits per heavy atom. The predicted molar refractivity (Wildman–Crippen MR) is 113 cm³/mol. The summed E-state index contributed by atoms with van der Waals surface area (Å²) >= 11 is 0. The molecular formula is C25H34O4. The Morgan fingerprint density at radius 1 is 1.17 bits per heavy atom. The third-order valence-corrected chi connectivity index (χ3v) is 7.62. The molecule has 0 heterocycles. The highest BCUT2D eigenvalue weighted by Gasteiger charge is 2.54. The lowest BCUT2D eigenvalue weighted by atomic mass is 9.51. The zero-order valence-electron chi connectivity index (χ0n) is 18.5. The number of fused-ring (bicyclic) bond motifs is 5. The summed E-state index contributed by atoms with van der Waals surface area (Å²) in [5.41, 5.74) is 3.49. The van der Waals surface area contributed by atoms with Crippen LogP contribution >= 0.6 is 0 Å². The van der Waals surface area contributed by atoms with E-state index in [2.05, 4.69) is 26.0 Å². The molecule has 0 N–H and O–H groups in total. The summed E-state index contributed by atoms with van der Waals surface area (Å²) in [5.74, 6) is 0.681. The lowest BCUT2D eigenvalue weighted by Gasteiger charge is -2.53. The summed E-state index contributed by atoms with van der Waals surface area (Å²) in [5, 5.41) is 0. The van der Waals surface area contributed by atoms with Gasteiger partial charge in [-0.2, -0.15) is 0 Å². The van der Waals surface area contributed by atoms with Crippen LogP contribution in [0.5, 0.6) is 0 Å². The molecule has 0 aromatic heterocycles. The van der Waals surface area contributed by atoms with Crippen molar-refractivity contribution >= 4 is 17.5 Å². The number of allylic oxidation sites excluding steroid dienone is 5. The van der Waals surface area contributed by atoms with Crippen molar-refractivity contribution in [3.63, 3.8) is 0 Å². The molecule has 1 saturated carbocycles. The van der Waals surface area contributed by atoms with Crippen LogP contribution in [0.2, 0.25) is 0 Å². The van der Waals surface area contributed by atoms with Crippen LogP contribution in [0.1, 0.15) is 73.1 Å². The summed E-state index contributed by atoms with van der Waals surface area (Å²) in [6.07, 6.45) is 11.7. The molecule has 0 aromatic carbocycles. The van der Waals surface area contributed by atoms with Crippen molar-refractivity contribution in [1.82, 2.24) is 0 Å². The number of esters is 1. The van der Waals surface area contributed by atoms with Crippen molar-refractivity contribution in [3.8, 4) is 0 Å². The van der Waals surface area contributed by atoms with Crippen LogP contribution in [-0.4, -0.2) is 24.1 Å². The van der Waals surface area contributed by atoms with Gasteiger partial charge in [-0.25, -0.2) is 0 Å². The van der Waals surface area contributed by atoms with Gasteiger partial charge in [0.05, 0.1) is 0 Å². The van der Waals surface area contributed by atoms with Gasteiger partial charge in [0.25, 0.3) is 0 Å². The Balaban J connectivity index is 0.00000117. The van der Waals surface area contributed by atoms with E-state index in [1.165, 1.54) is 18.1 Å². The maximum Gasteiger partial charge on any atom is 0.303 e. The number of carbonyl (C=O) groups excluding carboxylic acids is 3. The van der Waals surface area contributed by atoms with E-state index < -0.39 is 5.97 Å². The number of rotatable bonds is 3. The van der Waals surface area contributed by atoms with Crippen molar-refractivity contribution in [3.05, 3.63) is 34.9 Å². The molecule has 0 aliphatic heterocycles. The van der Waals surface area contributed by atoms with E-state index in [-0.39, 0.29) is 29.0 Å². The van der Waals surface area contributed by atoms with E-state index in [9.17, 15) is 14.4 Å². The van der Waals surface area contributed by atoms with Crippen LogP contribution in [0.15, 0.2) is 34.9 Å². The molecule has 0 saturated heterocycles. The third kappa shape index (κ3) is 3.55. The Kier molecular flexibility index (Phi) is 6.03. The molecule has 0 spiro atoms. The van der Waals surface area contributed by atoms with Crippen molar-refractivity contribution in [2.24, 2.45) is 22.7 Å². The summed E-state index contributed by atoms with van der Waals surface area (Å²) in [4.78, 5) is 35.7. The first-order chi connectivity index (χ1) is 13.8. The minimum atomic E-state index is -0.416. The smallest absolute Gasteiger partial charge is 0.303 e. The Labute approximate surface area is 174 Å². The highest BCUT2D eigenvalue weighted by molar-refractivity contribution is 5.99. The fraction of sp³-hybridized carbons (Fsp3) is 0.640. The molecule has 0 bridgehead atoms. The van der Waals surface area contributed by atoms with Crippen molar-refractivity contribution in [1.29, 1.82) is 0 Å². The quantitative estimate of drug-likeness (QED) is 0.488. The van der Waals surface area contributed by atoms with Gasteiger partial charge in [-0.1, -0.05) is 51.0 Å². The molecule has 4 aliphatic rings. The average molecular weight is 399 g/mol. The number of carbonyl (C=O) groups is 3. The fourth-order valence-corrected chi connectivity index (χ4v) is 6.11. The first-order valence-corrected chi connectivity index (χ1v) is 11.1. The maximum atomic E-state index is 12.7. The van der Waals surface area contributed by atoms with E-state index in [0.717, 1.165) is 37.7 Å². The topological polar surface area (TPSA) is 60.4 Å². The molecule has 4 atom stereocenters. The number of hydrogen-bond donors (Lipinski definition) is 0. The first-order valence-electron chi connectivity index (χ1n) is 11.1. The number of hydrogen-bond acceptors (Lipinski definition) is 4. The average Bonchev–Trinajstić information content (AvgIpc) is 3.05. The van der Waals surface area contributed by atoms with Crippen molar-refractivity contribution < 1.29 is 19.1 Å². The van der Waals surface area contributed by atoms with Crippen LogP contribution in [-0.2, 0) is 19.1 Å². The zero-order valence-corrected chi connectivity index (χ0v) is 18.5.